The van der Waals surface area contributed by atoms with Gasteiger partial charge in [-0.2, -0.15) is 0 Å². The van der Waals surface area contributed by atoms with Crippen LogP contribution >= 0.6 is 0 Å². The van der Waals surface area contributed by atoms with Crippen LogP contribution in [0, 0.1) is 0 Å². The van der Waals surface area contributed by atoms with Gasteiger partial charge in [-0.25, -0.2) is 0 Å². The highest BCUT2D eigenvalue weighted by atomic mass is 16.5. The van der Waals surface area contributed by atoms with Gasteiger partial charge in [0.15, 0.2) is 0 Å². The highest BCUT2D eigenvalue weighted by Gasteiger charge is 2.17. The average Bonchev–Trinajstić information content (AvgIpc) is 3.57. The lowest BCUT2D eigenvalue weighted by Crippen LogP contribution is -2.00. The number of fused-ring (bicyclic) bond motifs is 6. The second-order valence-corrected chi connectivity index (χ2v) is 10.6. The van der Waals surface area contributed by atoms with Gasteiger partial charge in [-0.15, -0.1) is 0 Å². The minimum Gasteiger partial charge on any atom is -0.496 e. The van der Waals surface area contributed by atoms with Crippen LogP contribution in [-0.4, -0.2) is 21.4 Å². The molecule has 0 aliphatic rings. The van der Waals surface area contributed by atoms with Gasteiger partial charge in [0, 0.05) is 44.5 Å². The molecule has 0 fully saturated rings. The molecule has 0 saturated carbocycles. The molecule has 8 aromatic rings. The number of aliphatic hydroxyl groups is 1. The highest BCUT2D eigenvalue weighted by molar-refractivity contribution is 6.10. The largest absolute Gasteiger partial charge is 0.496 e. The van der Waals surface area contributed by atoms with Crippen LogP contribution in [0.25, 0.3) is 66.1 Å². The predicted octanol–water partition coefficient (Wildman–Crippen LogP) is 9.05. The van der Waals surface area contributed by atoms with Crippen LogP contribution in [0.15, 0.2) is 133 Å². The van der Waals surface area contributed by atoms with Crippen molar-refractivity contribution in [2.75, 3.05) is 7.11 Å². The molecule has 0 saturated heterocycles. The number of ether oxygens (including phenoxy) is 1. The normalized spacial score (nSPS) is 11.7. The number of aliphatic hydroxyl groups excluding tert-OH is 1. The second kappa shape index (κ2) is 9.65. The summed E-state index contributed by atoms with van der Waals surface area (Å²) in [6, 6.07) is 46.6. The van der Waals surface area contributed by atoms with E-state index in [4.69, 9.17) is 4.74 Å². The lowest BCUT2D eigenvalue weighted by atomic mass is 9.98. The Morgan fingerprint density at radius 1 is 0.500 bits per heavy atom. The van der Waals surface area contributed by atoms with Crippen molar-refractivity contribution in [1.82, 2.24) is 9.13 Å². The van der Waals surface area contributed by atoms with Crippen molar-refractivity contribution in [3.05, 3.63) is 139 Å². The molecule has 0 aliphatic heterocycles. The summed E-state index contributed by atoms with van der Waals surface area (Å²) in [5.74, 6) is 0.758. The summed E-state index contributed by atoms with van der Waals surface area (Å²) < 4.78 is 10.5. The van der Waals surface area contributed by atoms with Gasteiger partial charge in [0.1, 0.15) is 5.75 Å². The Labute approximate surface area is 243 Å². The van der Waals surface area contributed by atoms with Crippen molar-refractivity contribution in [3.8, 4) is 28.3 Å². The summed E-state index contributed by atoms with van der Waals surface area (Å²) in [7, 11) is 1.71. The fraction of sp³-hybridized carbons (Fsp3) is 0.0526. The van der Waals surface area contributed by atoms with Gasteiger partial charge in [-0.1, -0.05) is 78.9 Å². The molecule has 1 N–H and O–H groups in total. The van der Waals surface area contributed by atoms with Gasteiger partial charge in [0.25, 0.3) is 0 Å². The van der Waals surface area contributed by atoms with E-state index in [0.717, 1.165) is 55.9 Å². The summed E-state index contributed by atoms with van der Waals surface area (Å²) in [5.41, 5.74) is 9.37. The molecule has 8 rings (SSSR count). The zero-order chi connectivity index (χ0) is 28.2. The molecule has 42 heavy (non-hydrogen) atoms. The number of hydrogen-bond donors (Lipinski definition) is 1. The molecule has 0 bridgehead atoms. The van der Waals surface area contributed by atoms with Gasteiger partial charge in [-0.3, -0.25) is 0 Å². The first kappa shape index (κ1) is 24.5. The van der Waals surface area contributed by atoms with Gasteiger partial charge < -0.3 is 19.0 Å². The molecule has 202 valence electrons. The quantitative estimate of drug-likeness (QED) is 0.235. The Morgan fingerprint density at radius 3 is 1.33 bits per heavy atom. The van der Waals surface area contributed by atoms with Crippen LogP contribution in [-0.2, 0) is 6.61 Å². The Bertz CT molecular complexity index is 2020. The average molecular weight is 545 g/mol. The van der Waals surface area contributed by atoms with Crippen molar-refractivity contribution in [1.29, 1.82) is 0 Å². The van der Waals surface area contributed by atoms with E-state index in [2.05, 4.69) is 143 Å². The molecule has 0 amide bonds. The van der Waals surface area contributed by atoms with E-state index < -0.39 is 0 Å². The van der Waals surface area contributed by atoms with Crippen LogP contribution in [0.5, 0.6) is 5.75 Å². The Hall–Kier alpha value is -5.32. The number of hydrogen-bond acceptors (Lipinski definition) is 2. The summed E-state index contributed by atoms with van der Waals surface area (Å²) in [6.45, 7) is -0.0852. The molecule has 0 radical (unpaired) electrons. The molecule has 2 aromatic heterocycles. The maximum Gasteiger partial charge on any atom is 0.128 e. The van der Waals surface area contributed by atoms with Gasteiger partial charge in [-0.05, 0) is 59.7 Å². The molecule has 2 heterocycles. The summed E-state index contributed by atoms with van der Waals surface area (Å²) >= 11 is 0. The van der Waals surface area contributed by atoms with Crippen molar-refractivity contribution >= 4 is 43.6 Å². The molecular weight excluding hydrogens is 516 g/mol. The van der Waals surface area contributed by atoms with E-state index in [1.807, 2.05) is 0 Å². The zero-order valence-electron chi connectivity index (χ0n) is 23.2. The zero-order valence-corrected chi connectivity index (χ0v) is 23.2. The predicted molar refractivity (Wildman–Crippen MR) is 173 cm³/mol. The third-order valence-electron chi connectivity index (χ3n) is 8.41. The lowest BCUT2D eigenvalue weighted by molar-refractivity contribution is 0.282. The van der Waals surface area contributed by atoms with Gasteiger partial charge in [0.05, 0.1) is 35.8 Å². The molecule has 4 nitrogen and oxygen atoms in total. The van der Waals surface area contributed by atoms with Crippen molar-refractivity contribution in [2.45, 2.75) is 6.61 Å². The van der Waals surface area contributed by atoms with Crippen molar-refractivity contribution in [3.63, 3.8) is 0 Å². The van der Waals surface area contributed by atoms with E-state index in [1.165, 1.54) is 21.5 Å². The van der Waals surface area contributed by atoms with Gasteiger partial charge in [0.2, 0.25) is 0 Å². The van der Waals surface area contributed by atoms with Crippen LogP contribution < -0.4 is 4.74 Å². The first-order valence-electron chi connectivity index (χ1n) is 14.2. The number of nitrogens with zero attached hydrogens (tertiary/aromatic N) is 2. The number of para-hydroxylation sites is 4. The van der Waals surface area contributed by atoms with Crippen LogP contribution in [0.1, 0.15) is 5.56 Å². The number of rotatable bonds is 5. The first-order chi connectivity index (χ1) is 20.8. The minimum absolute atomic E-state index is 0.0852. The Balaban J connectivity index is 1.29. The van der Waals surface area contributed by atoms with E-state index in [-0.39, 0.29) is 6.61 Å². The Kier molecular flexibility index (Phi) is 5.62. The third-order valence-corrected chi connectivity index (χ3v) is 8.41. The van der Waals surface area contributed by atoms with E-state index in [1.54, 1.807) is 7.11 Å². The number of benzene rings is 6. The summed E-state index contributed by atoms with van der Waals surface area (Å²) in [4.78, 5) is 0. The van der Waals surface area contributed by atoms with Gasteiger partial charge >= 0.3 is 0 Å². The molecule has 0 atom stereocenters. The maximum atomic E-state index is 10.6. The van der Waals surface area contributed by atoms with Crippen LogP contribution in [0.3, 0.4) is 0 Å². The highest BCUT2D eigenvalue weighted by Crippen LogP contribution is 2.39. The van der Waals surface area contributed by atoms with Crippen LogP contribution in [0.4, 0.5) is 0 Å². The molecule has 0 aliphatic carbocycles. The molecular formula is C38H28N2O2. The number of methoxy groups -OCH3 is 1. The van der Waals surface area contributed by atoms with E-state index in [9.17, 15) is 5.11 Å². The van der Waals surface area contributed by atoms with Crippen LogP contribution in [0.2, 0.25) is 0 Å². The maximum absolute atomic E-state index is 10.6. The van der Waals surface area contributed by atoms with E-state index in [0.29, 0.717) is 0 Å². The topological polar surface area (TPSA) is 39.3 Å². The number of aromatic nitrogens is 2. The monoisotopic (exact) mass is 544 g/mol. The standard InChI is InChI=1S/C38H28N2O2/c1-42-38-23-27(40-36-16-8-4-12-31(36)32-13-5-9-17-37(32)40)19-21-33(38)28-20-18-26(22-25(28)24-41)39-34-14-6-2-10-29(34)30-11-3-7-15-35(30)39/h2-23,41H,24H2,1H3. The second-order valence-electron chi connectivity index (χ2n) is 10.6. The fourth-order valence-electron chi connectivity index (χ4n) is 6.56. The summed E-state index contributed by atoms with van der Waals surface area (Å²) in [6.07, 6.45) is 0. The minimum atomic E-state index is -0.0852. The molecule has 0 spiro atoms. The smallest absolute Gasteiger partial charge is 0.128 e. The third kappa shape index (κ3) is 3.59. The van der Waals surface area contributed by atoms with E-state index >= 15 is 0 Å². The lowest BCUT2D eigenvalue weighted by Gasteiger charge is -2.17. The molecule has 6 aromatic carbocycles. The van der Waals surface area contributed by atoms with Crippen molar-refractivity contribution < 1.29 is 9.84 Å². The summed E-state index contributed by atoms with van der Waals surface area (Å²) in [5, 5.41) is 15.4. The SMILES string of the molecule is COc1cc(-n2c3ccccc3c3ccccc32)ccc1-c1ccc(-n2c3ccccc3c3ccccc32)cc1CO. The molecule has 0 unspecified atom stereocenters. The molecule has 4 heteroatoms. The fourth-order valence-corrected chi connectivity index (χ4v) is 6.56. The first-order valence-corrected chi connectivity index (χ1v) is 14.2. The van der Waals surface area contributed by atoms with Crippen molar-refractivity contribution in [2.24, 2.45) is 0 Å². The Morgan fingerprint density at radius 2 is 0.905 bits per heavy atom.